The molecule has 3 nitrogen and oxygen atoms in total. The number of rotatable bonds is 3. The van der Waals surface area contributed by atoms with Gasteiger partial charge in [-0.1, -0.05) is 17.7 Å². The van der Waals surface area contributed by atoms with Gasteiger partial charge >= 0.3 is 0 Å². The van der Waals surface area contributed by atoms with E-state index in [0.29, 0.717) is 0 Å². The van der Waals surface area contributed by atoms with Gasteiger partial charge in [0.25, 0.3) is 0 Å². The predicted molar refractivity (Wildman–Crippen MR) is 89.4 cm³/mol. The number of benzene rings is 1. The summed E-state index contributed by atoms with van der Waals surface area (Å²) in [5, 5.41) is 8.77. The first kappa shape index (κ1) is 16.1. The fraction of sp³-hybridized carbons (Fsp3) is 0.471. The third-order valence-corrected chi connectivity index (χ3v) is 4.13. The van der Waals surface area contributed by atoms with Gasteiger partial charge in [-0.05, 0) is 64.8 Å². The quantitative estimate of drug-likeness (QED) is 0.914. The zero-order chi connectivity index (χ0) is 15.8. The Morgan fingerprint density at radius 3 is 2.33 bits per heavy atom. The third-order valence-electron chi connectivity index (χ3n) is 3.58. The Bertz CT molecular complexity index is 651. The number of halogens is 1. The predicted octanol–water partition coefficient (Wildman–Crippen LogP) is 4.34. The minimum atomic E-state index is 0.119. The fourth-order valence-electron chi connectivity index (χ4n) is 2.25. The molecule has 0 aliphatic heterocycles. The van der Waals surface area contributed by atoms with Crippen molar-refractivity contribution < 1.29 is 0 Å². The highest BCUT2D eigenvalue weighted by Crippen LogP contribution is 2.23. The molecule has 1 heterocycles. The average Bonchev–Trinajstić information content (AvgIpc) is 2.64. The van der Waals surface area contributed by atoms with E-state index in [-0.39, 0.29) is 5.54 Å². The standard InChI is InChI=1S/C17H24ClN3/c1-11-9-15(21-13(3)16(18)12(2)20-21)8-7-14(11)10-19-17(4,5)6/h7-9,19H,10H2,1-6H3. The van der Waals surface area contributed by atoms with E-state index in [2.05, 4.69) is 56.3 Å². The normalized spacial score (nSPS) is 12.0. The zero-order valence-corrected chi connectivity index (χ0v) is 14.5. The lowest BCUT2D eigenvalue weighted by Gasteiger charge is -2.21. The number of nitrogens with zero attached hydrogens (tertiary/aromatic N) is 2. The van der Waals surface area contributed by atoms with Crippen molar-refractivity contribution in [3.8, 4) is 5.69 Å². The van der Waals surface area contributed by atoms with Crippen molar-refractivity contribution in [1.29, 1.82) is 0 Å². The summed E-state index contributed by atoms with van der Waals surface area (Å²) in [6.07, 6.45) is 0. The van der Waals surface area contributed by atoms with Gasteiger partial charge < -0.3 is 5.32 Å². The van der Waals surface area contributed by atoms with Crippen molar-refractivity contribution >= 4 is 11.6 Å². The first-order chi connectivity index (χ1) is 9.69. The van der Waals surface area contributed by atoms with Gasteiger partial charge in [-0.2, -0.15) is 5.10 Å². The van der Waals surface area contributed by atoms with Crippen LogP contribution >= 0.6 is 11.6 Å². The molecule has 1 N–H and O–H groups in total. The van der Waals surface area contributed by atoms with Crippen molar-refractivity contribution in [3.05, 3.63) is 45.7 Å². The molecule has 4 heteroatoms. The highest BCUT2D eigenvalue weighted by atomic mass is 35.5. The SMILES string of the molecule is Cc1cc(-n2nc(C)c(Cl)c2C)ccc1CNC(C)(C)C. The summed E-state index contributed by atoms with van der Waals surface area (Å²) in [7, 11) is 0. The maximum Gasteiger partial charge on any atom is 0.0848 e. The molecule has 2 rings (SSSR count). The van der Waals surface area contributed by atoms with E-state index in [0.717, 1.165) is 28.6 Å². The van der Waals surface area contributed by atoms with E-state index in [1.807, 2.05) is 18.5 Å². The molecule has 0 amide bonds. The van der Waals surface area contributed by atoms with Crippen LogP contribution in [0.25, 0.3) is 5.69 Å². The van der Waals surface area contributed by atoms with Gasteiger partial charge in [0, 0.05) is 12.1 Å². The largest absolute Gasteiger partial charge is 0.308 e. The van der Waals surface area contributed by atoms with Gasteiger partial charge in [0.15, 0.2) is 0 Å². The lowest BCUT2D eigenvalue weighted by atomic mass is 10.0. The summed E-state index contributed by atoms with van der Waals surface area (Å²) in [6, 6.07) is 6.42. The van der Waals surface area contributed by atoms with Gasteiger partial charge in [0.05, 0.1) is 22.1 Å². The topological polar surface area (TPSA) is 29.9 Å². The summed E-state index contributed by atoms with van der Waals surface area (Å²) >= 11 is 6.23. The molecular weight excluding hydrogens is 282 g/mol. The third kappa shape index (κ3) is 3.66. The maximum atomic E-state index is 6.23. The minimum Gasteiger partial charge on any atom is -0.308 e. The maximum absolute atomic E-state index is 6.23. The summed E-state index contributed by atoms with van der Waals surface area (Å²) in [6.45, 7) is 13.5. The molecule has 0 radical (unpaired) electrons. The number of aromatic nitrogens is 2. The first-order valence-corrected chi connectivity index (χ1v) is 7.63. The number of nitrogens with one attached hydrogen (secondary N) is 1. The van der Waals surface area contributed by atoms with Gasteiger partial charge in [0.1, 0.15) is 0 Å². The molecule has 0 fully saturated rings. The van der Waals surface area contributed by atoms with Crippen molar-refractivity contribution in [2.45, 2.75) is 53.6 Å². The Labute approximate surface area is 132 Å². The van der Waals surface area contributed by atoms with E-state index >= 15 is 0 Å². The van der Waals surface area contributed by atoms with Crippen LogP contribution in [0.5, 0.6) is 0 Å². The number of hydrogen-bond acceptors (Lipinski definition) is 2. The minimum absolute atomic E-state index is 0.119. The van der Waals surface area contributed by atoms with E-state index in [1.54, 1.807) is 0 Å². The molecule has 0 bridgehead atoms. The molecule has 114 valence electrons. The smallest absolute Gasteiger partial charge is 0.0848 e. The molecule has 0 saturated carbocycles. The van der Waals surface area contributed by atoms with E-state index in [9.17, 15) is 0 Å². The Morgan fingerprint density at radius 2 is 1.86 bits per heavy atom. The lowest BCUT2D eigenvalue weighted by molar-refractivity contribution is 0.424. The summed E-state index contributed by atoms with van der Waals surface area (Å²) < 4.78 is 1.91. The second kappa shape index (κ2) is 5.82. The molecule has 0 spiro atoms. The highest BCUT2D eigenvalue weighted by molar-refractivity contribution is 6.31. The average molecular weight is 306 g/mol. The number of hydrogen-bond donors (Lipinski definition) is 1. The van der Waals surface area contributed by atoms with Crippen molar-refractivity contribution in [1.82, 2.24) is 15.1 Å². The van der Waals surface area contributed by atoms with Crippen LogP contribution in [0.4, 0.5) is 0 Å². The van der Waals surface area contributed by atoms with Crippen LogP contribution in [0, 0.1) is 20.8 Å². The molecule has 0 atom stereocenters. The molecule has 1 aromatic carbocycles. The van der Waals surface area contributed by atoms with Crippen LogP contribution in [-0.4, -0.2) is 15.3 Å². The molecule has 0 aliphatic rings. The van der Waals surface area contributed by atoms with E-state index < -0.39 is 0 Å². The van der Waals surface area contributed by atoms with Crippen LogP contribution in [0.2, 0.25) is 5.02 Å². The fourth-order valence-corrected chi connectivity index (χ4v) is 2.36. The lowest BCUT2D eigenvalue weighted by Crippen LogP contribution is -2.35. The van der Waals surface area contributed by atoms with Gasteiger partial charge in [0.2, 0.25) is 0 Å². The second-order valence-corrected chi connectivity index (χ2v) is 6.99. The molecule has 21 heavy (non-hydrogen) atoms. The first-order valence-electron chi connectivity index (χ1n) is 7.25. The van der Waals surface area contributed by atoms with Gasteiger partial charge in [-0.15, -0.1) is 0 Å². The zero-order valence-electron chi connectivity index (χ0n) is 13.7. The Balaban J connectivity index is 2.28. The number of aryl methyl sites for hydroxylation is 2. The highest BCUT2D eigenvalue weighted by Gasteiger charge is 2.13. The molecule has 0 aliphatic carbocycles. The molecule has 0 unspecified atom stereocenters. The van der Waals surface area contributed by atoms with E-state index in [1.165, 1.54) is 11.1 Å². The molecule has 0 saturated heterocycles. The Morgan fingerprint density at radius 1 is 1.19 bits per heavy atom. The summed E-state index contributed by atoms with van der Waals surface area (Å²) in [4.78, 5) is 0. The van der Waals surface area contributed by atoms with E-state index in [4.69, 9.17) is 11.6 Å². The summed E-state index contributed by atoms with van der Waals surface area (Å²) in [5.74, 6) is 0. The molecular formula is C17H24ClN3. The molecule has 1 aromatic heterocycles. The van der Waals surface area contributed by atoms with Crippen LogP contribution in [0.3, 0.4) is 0 Å². The van der Waals surface area contributed by atoms with Crippen LogP contribution in [0.1, 0.15) is 43.3 Å². The second-order valence-electron chi connectivity index (χ2n) is 6.61. The van der Waals surface area contributed by atoms with Crippen molar-refractivity contribution in [2.75, 3.05) is 0 Å². The summed E-state index contributed by atoms with van der Waals surface area (Å²) in [5.41, 5.74) is 5.59. The van der Waals surface area contributed by atoms with Crippen LogP contribution in [0.15, 0.2) is 18.2 Å². The monoisotopic (exact) mass is 305 g/mol. The van der Waals surface area contributed by atoms with Crippen molar-refractivity contribution in [3.63, 3.8) is 0 Å². The Hall–Kier alpha value is -1.32. The van der Waals surface area contributed by atoms with Crippen LogP contribution in [-0.2, 0) is 6.54 Å². The molecule has 2 aromatic rings. The van der Waals surface area contributed by atoms with Crippen molar-refractivity contribution in [2.24, 2.45) is 0 Å². The van der Waals surface area contributed by atoms with Gasteiger partial charge in [-0.25, -0.2) is 4.68 Å². The van der Waals surface area contributed by atoms with Gasteiger partial charge in [-0.3, -0.25) is 0 Å². The van der Waals surface area contributed by atoms with Crippen LogP contribution < -0.4 is 5.32 Å². The Kier molecular flexibility index (Phi) is 4.45.